The Balaban J connectivity index is 0.000000177. The number of aliphatic hydroxyl groups is 1. The van der Waals surface area contributed by atoms with Crippen molar-refractivity contribution >= 4 is 22.1 Å². The minimum absolute atomic E-state index is 0.230. The van der Waals surface area contributed by atoms with Crippen molar-refractivity contribution in [2.45, 2.75) is 75.9 Å². The van der Waals surface area contributed by atoms with Crippen molar-refractivity contribution in [1.82, 2.24) is 0 Å². The third-order valence-electron chi connectivity index (χ3n) is 4.62. The average Bonchev–Trinajstić information content (AvgIpc) is 3.26. The van der Waals surface area contributed by atoms with Crippen LogP contribution in [0.3, 0.4) is 0 Å². The number of fused-ring (bicyclic) bond motifs is 2. The molecule has 4 aliphatic rings. The van der Waals surface area contributed by atoms with Gasteiger partial charge in [0.15, 0.2) is 36.0 Å². The third-order valence-corrected chi connectivity index (χ3v) is 5.18. The molecule has 0 aliphatic carbocycles. The Kier molecular flexibility index (Phi) is 6.19. The summed E-state index contributed by atoms with van der Waals surface area (Å²) in [5.41, 5.74) is 0. The monoisotopic (exact) mass is 454 g/mol. The highest BCUT2D eigenvalue weighted by Crippen LogP contribution is 2.36. The molecule has 0 aromatic rings. The summed E-state index contributed by atoms with van der Waals surface area (Å²) in [4.78, 5) is 22.6. The zero-order chi connectivity index (χ0) is 22.5. The highest BCUT2D eigenvalue weighted by molar-refractivity contribution is 7.85. The van der Waals surface area contributed by atoms with E-state index in [1.54, 1.807) is 27.7 Å². The van der Waals surface area contributed by atoms with Crippen molar-refractivity contribution in [3.63, 3.8) is 0 Å². The molecule has 0 radical (unpaired) electrons. The van der Waals surface area contributed by atoms with Crippen LogP contribution in [-0.4, -0.2) is 93.1 Å². The Labute approximate surface area is 173 Å². The van der Waals surface area contributed by atoms with E-state index in [2.05, 4.69) is 4.18 Å². The highest BCUT2D eigenvalue weighted by atomic mass is 32.2. The lowest BCUT2D eigenvalue weighted by Gasteiger charge is -2.20. The number of carbonyl (C=O) groups excluding carboxylic acids is 2. The molecule has 13 heteroatoms. The summed E-state index contributed by atoms with van der Waals surface area (Å²) in [6, 6.07) is 0. The summed E-state index contributed by atoms with van der Waals surface area (Å²) in [7, 11) is -3.57. The van der Waals surface area contributed by atoms with Gasteiger partial charge < -0.3 is 33.5 Å². The number of esters is 2. The van der Waals surface area contributed by atoms with Crippen LogP contribution in [0.1, 0.15) is 27.7 Å². The van der Waals surface area contributed by atoms with Gasteiger partial charge in [-0.05, 0) is 27.7 Å². The molecule has 0 bridgehead atoms. The van der Waals surface area contributed by atoms with E-state index in [0.29, 0.717) is 0 Å². The lowest BCUT2D eigenvalue weighted by atomic mass is 10.1. The van der Waals surface area contributed by atoms with Crippen LogP contribution >= 0.6 is 0 Å². The van der Waals surface area contributed by atoms with Gasteiger partial charge >= 0.3 is 11.9 Å². The second kappa shape index (κ2) is 7.97. The maximum Gasteiger partial charge on any atom is 0.338 e. The van der Waals surface area contributed by atoms with Gasteiger partial charge in [-0.1, -0.05) is 0 Å². The molecule has 0 aromatic heterocycles. The predicted molar refractivity (Wildman–Crippen MR) is 95.3 cm³/mol. The van der Waals surface area contributed by atoms with Crippen molar-refractivity contribution < 1.29 is 55.7 Å². The largest absolute Gasteiger partial charge is 0.455 e. The Morgan fingerprint density at radius 2 is 1.30 bits per heavy atom. The SMILES string of the molecule is CC1(C)O[C@@H]2[C@@H](COS(C)(=O)=O)OC(=O)[C@@H]2O1.CC1(C)O[C@@H]2[C@H](CO)OC(=O)[C@@H]2O1. The number of ether oxygens (including phenoxy) is 6. The molecular weight excluding hydrogens is 428 g/mol. The molecule has 4 heterocycles. The maximum absolute atomic E-state index is 11.4. The first-order chi connectivity index (χ1) is 13.7. The number of cyclic esters (lactones) is 2. The van der Waals surface area contributed by atoms with E-state index in [-0.39, 0.29) is 13.2 Å². The first-order valence-electron chi connectivity index (χ1n) is 9.29. The fourth-order valence-electron chi connectivity index (χ4n) is 3.51. The molecule has 1 N–H and O–H groups in total. The van der Waals surface area contributed by atoms with Crippen LogP contribution in [0.25, 0.3) is 0 Å². The predicted octanol–water partition coefficient (Wildman–Crippen LogP) is -1.17. The number of aliphatic hydroxyl groups excluding tert-OH is 1. The smallest absolute Gasteiger partial charge is 0.338 e. The van der Waals surface area contributed by atoms with Crippen molar-refractivity contribution in [2.75, 3.05) is 19.5 Å². The van der Waals surface area contributed by atoms with Gasteiger partial charge in [0.25, 0.3) is 10.1 Å². The van der Waals surface area contributed by atoms with Crippen molar-refractivity contribution in [2.24, 2.45) is 0 Å². The maximum atomic E-state index is 11.4. The first kappa shape index (κ1) is 23.3. The van der Waals surface area contributed by atoms with E-state index < -0.39 is 70.3 Å². The number of rotatable bonds is 4. The summed E-state index contributed by atoms with van der Waals surface area (Å²) in [6.07, 6.45) is -2.99. The second-order valence-electron chi connectivity index (χ2n) is 8.16. The van der Waals surface area contributed by atoms with E-state index in [1.165, 1.54) is 0 Å². The third kappa shape index (κ3) is 5.10. The number of hydrogen-bond acceptors (Lipinski definition) is 12. The van der Waals surface area contributed by atoms with Gasteiger partial charge in [-0.3, -0.25) is 4.18 Å². The summed E-state index contributed by atoms with van der Waals surface area (Å²) in [6.45, 7) is 6.32. The standard InChI is InChI=1S/C9H14O7S.C8H12O5/c1-9(2)15-6-5(4-13-17(3,11)12)14-8(10)7(6)16-9;1-8(2)12-5-4(3-9)11-7(10)6(5)13-8/h5-7H,4H2,1-3H3;4-6,9H,3H2,1-2H3/t5-,6-,7-;4-,5+,6+/m10/s1. The van der Waals surface area contributed by atoms with Crippen molar-refractivity contribution in [3.8, 4) is 0 Å². The lowest BCUT2D eigenvalue weighted by Crippen LogP contribution is -2.33. The Morgan fingerprint density at radius 3 is 1.73 bits per heavy atom. The van der Waals surface area contributed by atoms with Gasteiger partial charge in [0.1, 0.15) is 18.8 Å². The van der Waals surface area contributed by atoms with Crippen LogP contribution in [-0.2, 0) is 52.3 Å². The topological polar surface area (TPSA) is 153 Å². The fourth-order valence-corrected chi connectivity index (χ4v) is 3.90. The van der Waals surface area contributed by atoms with Crippen LogP contribution in [0.5, 0.6) is 0 Å². The molecule has 6 atom stereocenters. The zero-order valence-corrected chi connectivity index (χ0v) is 18.0. The van der Waals surface area contributed by atoms with E-state index in [9.17, 15) is 18.0 Å². The van der Waals surface area contributed by atoms with Crippen LogP contribution in [0.2, 0.25) is 0 Å². The van der Waals surface area contributed by atoms with Crippen molar-refractivity contribution in [1.29, 1.82) is 0 Å². The molecule has 30 heavy (non-hydrogen) atoms. The van der Waals surface area contributed by atoms with E-state index in [4.69, 9.17) is 33.5 Å². The molecule has 0 spiro atoms. The molecule has 4 rings (SSSR count). The summed E-state index contributed by atoms with van der Waals surface area (Å²) < 4.78 is 57.6. The lowest BCUT2D eigenvalue weighted by molar-refractivity contribution is -0.188. The Bertz CT molecular complexity index is 791. The average molecular weight is 454 g/mol. The molecule has 4 saturated heterocycles. The van der Waals surface area contributed by atoms with Gasteiger partial charge in [-0.25, -0.2) is 9.59 Å². The van der Waals surface area contributed by atoms with E-state index in [1.807, 2.05) is 0 Å². The number of hydrogen-bond donors (Lipinski definition) is 1. The van der Waals surface area contributed by atoms with E-state index in [0.717, 1.165) is 6.26 Å². The van der Waals surface area contributed by atoms with Crippen LogP contribution in [0.4, 0.5) is 0 Å². The highest BCUT2D eigenvalue weighted by Gasteiger charge is 2.56. The van der Waals surface area contributed by atoms with Gasteiger partial charge in [0.2, 0.25) is 0 Å². The normalized spacial score (nSPS) is 38.3. The molecule has 4 fully saturated rings. The van der Waals surface area contributed by atoms with E-state index >= 15 is 0 Å². The molecule has 0 unspecified atom stereocenters. The number of carbonyl (C=O) groups is 2. The zero-order valence-electron chi connectivity index (χ0n) is 17.2. The molecular formula is C17H26O12S. The molecule has 0 amide bonds. The van der Waals surface area contributed by atoms with Crippen molar-refractivity contribution in [3.05, 3.63) is 0 Å². The van der Waals surface area contributed by atoms with Gasteiger partial charge in [-0.15, -0.1) is 0 Å². The summed E-state index contributed by atoms with van der Waals surface area (Å²) in [5, 5.41) is 8.89. The molecule has 172 valence electrons. The first-order valence-corrected chi connectivity index (χ1v) is 11.1. The van der Waals surface area contributed by atoms with Crippen LogP contribution < -0.4 is 0 Å². The van der Waals surface area contributed by atoms with Gasteiger partial charge in [0, 0.05) is 0 Å². The van der Waals surface area contributed by atoms with Gasteiger partial charge in [-0.2, -0.15) is 8.42 Å². The van der Waals surface area contributed by atoms with Gasteiger partial charge in [0.05, 0.1) is 12.9 Å². The molecule has 0 aromatic carbocycles. The Morgan fingerprint density at radius 1 is 0.867 bits per heavy atom. The summed E-state index contributed by atoms with van der Waals surface area (Å²) in [5.74, 6) is -2.64. The molecule has 12 nitrogen and oxygen atoms in total. The Hall–Kier alpha value is -1.35. The van der Waals surface area contributed by atoms with Crippen LogP contribution in [0, 0.1) is 0 Å². The second-order valence-corrected chi connectivity index (χ2v) is 9.81. The minimum atomic E-state index is -3.57. The minimum Gasteiger partial charge on any atom is -0.455 e. The van der Waals surface area contributed by atoms with Crippen LogP contribution in [0.15, 0.2) is 0 Å². The molecule has 4 aliphatic heterocycles. The summed E-state index contributed by atoms with van der Waals surface area (Å²) >= 11 is 0. The quantitative estimate of drug-likeness (QED) is 0.402. The molecule has 0 saturated carbocycles. The fraction of sp³-hybridized carbons (Fsp3) is 0.882.